The van der Waals surface area contributed by atoms with Gasteiger partial charge in [-0.05, 0) is 0 Å². The number of anilines is 1. The fourth-order valence-corrected chi connectivity index (χ4v) is 4.39. The molecule has 2 atom stereocenters. The fourth-order valence-electron chi connectivity index (χ4n) is 2.09. The van der Waals surface area contributed by atoms with Crippen LogP contribution >= 0.6 is 0 Å². The molecule has 2 aromatic carbocycles. The molecule has 0 saturated carbocycles. The van der Waals surface area contributed by atoms with Gasteiger partial charge in [0.05, 0.1) is 0 Å². The van der Waals surface area contributed by atoms with Crippen LogP contribution in [0.15, 0.2) is 48.5 Å². The van der Waals surface area contributed by atoms with Crippen LogP contribution in [0.4, 0.5) is 5.69 Å². The molecule has 2 N–H and O–H groups in total. The van der Waals surface area contributed by atoms with Gasteiger partial charge in [0.1, 0.15) is 0 Å². The second-order valence-corrected chi connectivity index (χ2v) is 7.21. The van der Waals surface area contributed by atoms with Crippen molar-refractivity contribution in [3.8, 4) is 0 Å². The predicted molar refractivity (Wildman–Crippen MR) is 71.5 cm³/mol. The Bertz CT molecular complexity index is 598. The summed E-state index contributed by atoms with van der Waals surface area (Å²) in [7, 11) is 0. The Balaban J connectivity index is 1.99. The van der Waals surface area contributed by atoms with E-state index in [4.69, 9.17) is 0 Å². The first-order valence-corrected chi connectivity index (χ1v) is 8.51. The molecule has 3 nitrogen and oxygen atoms in total. The summed E-state index contributed by atoms with van der Waals surface area (Å²) >= 11 is -1.95. The first-order valence-electron chi connectivity index (χ1n) is 5.75. The Morgan fingerprint density at radius 1 is 1.11 bits per heavy atom. The predicted octanol–water partition coefficient (Wildman–Crippen LogP) is 1.36. The Morgan fingerprint density at radius 3 is 2.67 bits per heavy atom. The zero-order valence-electron chi connectivity index (χ0n) is 9.67. The second-order valence-electron chi connectivity index (χ2n) is 4.24. The Hall–Kier alpha value is -1.48. The van der Waals surface area contributed by atoms with Crippen molar-refractivity contribution in [2.45, 2.75) is 6.10 Å². The van der Waals surface area contributed by atoms with Gasteiger partial charge in [0.15, 0.2) is 0 Å². The van der Waals surface area contributed by atoms with Gasteiger partial charge in [0.25, 0.3) is 0 Å². The van der Waals surface area contributed by atoms with E-state index in [1.807, 2.05) is 48.5 Å². The van der Waals surface area contributed by atoms with Gasteiger partial charge in [-0.1, -0.05) is 0 Å². The van der Waals surface area contributed by atoms with Crippen molar-refractivity contribution in [1.82, 2.24) is 0 Å². The van der Waals surface area contributed by atoms with Gasteiger partial charge in [0.2, 0.25) is 0 Å². The van der Waals surface area contributed by atoms with E-state index in [1.165, 1.54) is 0 Å². The van der Waals surface area contributed by atoms with Gasteiger partial charge < -0.3 is 0 Å². The summed E-state index contributed by atoms with van der Waals surface area (Å²) in [5.74, 6) is 0. The minimum absolute atomic E-state index is 0.556. The topological polar surface area (TPSA) is 49.3 Å². The zero-order valence-corrected chi connectivity index (χ0v) is 11.4. The van der Waals surface area contributed by atoms with Crippen LogP contribution in [-0.4, -0.2) is 24.4 Å². The average molecular weight is 306 g/mol. The molecule has 0 spiro atoms. The summed E-state index contributed by atoms with van der Waals surface area (Å²) in [6, 6.07) is 15.1. The molecule has 0 aromatic heterocycles. The van der Waals surface area contributed by atoms with E-state index in [-0.39, 0.29) is 0 Å². The zero-order chi connectivity index (χ0) is 12.5. The van der Waals surface area contributed by atoms with E-state index < -0.39 is 19.9 Å². The molecule has 2 aromatic rings. The van der Waals surface area contributed by atoms with Crippen LogP contribution in [0.25, 0.3) is 0 Å². The van der Waals surface area contributed by atoms with Gasteiger partial charge in [-0.15, -0.1) is 0 Å². The van der Waals surface area contributed by atoms with E-state index in [0.717, 1.165) is 21.3 Å². The molecular formula is C14H13NO2Se. The molecule has 0 bridgehead atoms. The van der Waals surface area contributed by atoms with E-state index in [1.54, 1.807) is 0 Å². The normalized spacial score (nSPS) is 19.1. The first kappa shape index (κ1) is 11.6. The van der Waals surface area contributed by atoms with Gasteiger partial charge in [-0.25, -0.2) is 0 Å². The SMILES string of the molecule is O=[Se]1CNc2ccc(C(O)c3ccccc3)cc21. The summed E-state index contributed by atoms with van der Waals surface area (Å²) in [6.07, 6.45) is -0.657. The van der Waals surface area contributed by atoms with Crippen molar-refractivity contribution in [2.24, 2.45) is 0 Å². The van der Waals surface area contributed by atoms with Crippen molar-refractivity contribution in [2.75, 3.05) is 10.8 Å². The number of fused-ring (bicyclic) bond motifs is 1. The van der Waals surface area contributed by atoms with E-state index in [9.17, 15) is 8.94 Å². The Kier molecular flexibility index (Phi) is 3.00. The summed E-state index contributed by atoms with van der Waals surface area (Å²) in [6.45, 7) is 0. The molecule has 2 unspecified atom stereocenters. The summed E-state index contributed by atoms with van der Waals surface area (Å²) in [4.78, 5) is 0. The molecule has 0 aliphatic carbocycles. The van der Waals surface area contributed by atoms with E-state index >= 15 is 0 Å². The molecule has 0 fully saturated rings. The molecule has 4 heteroatoms. The Labute approximate surface area is 110 Å². The van der Waals surface area contributed by atoms with Gasteiger partial charge in [-0.3, -0.25) is 0 Å². The molecule has 3 rings (SSSR count). The second kappa shape index (κ2) is 4.65. The first-order chi connectivity index (χ1) is 8.75. The maximum atomic E-state index is 11.8. The molecular weight excluding hydrogens is 293 g/mol. The third kappa shape index (κ3) is 1.99. The van der Waals surface area contributed by atoms with Crippen LogP contribution in [0.5, 0.6) is 0 Å². The van der Waals surface area contributed by atoms with Crippen molar-refractivity contribution >= 4 is 24.0 Å². The molecule has 1 aliphatic rings. The van der Waals surface area contributed by atoms with Crippen LogP contribution in [-0.2, 0) is 3.83 Å². The third-order valence-electron chi connectivity index (χ3n) is 3.08. The standard InChI is InChI=1S/C14H13NO2Se/c16-14(10-4-2-1-3-5-10)11-6-7-12-13(8-11)18(17)9-15-12/h1-8,14-16H,9H2. The minimum atomic E-state index is -1.95. The molecule has 92 valence electrons. The number of rotatable bonds is 2. The van der Waals surface area contributed by atoms with E-state index in [2.05, 4.69) is 5.32 Å². The Morgan fingerprint density at radius 2 is 1.89 bits per heavy atom. The van der Waals surface area contributed by atoms with Crippen molar-refractivity contribution in [1.29, 1.82) is 0 Å². The maximum absolute atomic E-state index is 11.8. The third-order valence-corrected chi connectivity index (χ3v) is 5.67. The van der Waals surface area contributed by atoms with Crippen molar-refractivity contribution < 1.29 is 8.94 Å². The number of hydrogen-bond donors (Lipinski definition) is 2. The van der Waals surface area contributed by atoms with Crippen molar-refractivity contribution in [3.05, 3.63) is 59.7 Å². The number of nitrogens with one attached hydrogen (secondary N) is 1. The van der Waals surface area contributed by atoms with Crippen LogP contribution in [0, 0.1) is 0 Å². The number of aliphatic hydroxyl groups excluding tert-OH is 1. The van der Waals surface area contributed by atoms with E-state index in [0.29, 0.717) is 5.44 Å². The van der Waals surface area contributed by atoms with Gasteiger partial charge in [-0.2, -0.15) is 0 Å². The summed E-state index contributed by atoms with van der Waals surface area (Å²) < 4.78 is 12.7. The van der Waals surface area contributed by atoms with Crippen LogP contribution < -0.4 is 9.78 Å². The van der Waals surface area contributed by atoms with Gasteiger partial charge in [0, 0.05) is 0 Å². The number of hydrogen-bond acceptors (Lipinski definition) is 3. The summed E-state index contributed by atoms with van der Waals surface area (Å²) in [5, 5.41) is 13.4. The number of benzene rings is 2. The summed E-state index contributed by atoms with van der Waals surface area (Å²) in [5.41, 5.74) is 3.15. The van der Waals surface area contributed by atoms with Gasteiger partial charge >= 0.3 is 109 Å². The molecule has 0 saturated heterocycles. The van der Waals surface area contributed by atoms with Crippen molar-refractivity contribution in [3.63, 3.8) is 0 Å². The van der Waals surface area contributed by atoms with Crippen LogP contribution in [0.1, 0.15) is 17.2 Å². The molecule has 18 heavy (non-hydrogen) atoms. The molecule has 1 heterocycles. The van der Waals surface area contributed by atoms with Crippen LogP contribution in [0.3, 0.4) is 0 Å². The fraction of sp³-hybridized carbons (Fsp3) is 0.143. The molecule has 0 radical (unpaired) electrons. The number of aliphatic hydroxyl groups is 1. The molecule has 0 amide bonds. The monoisotopic (exact) mass is 307 g/mol. The average Bonchev–Trinajstić information content (AvgIpc) is 2.80. The molecule has 1 aliphatic heterocycles. The van der Waals surface area contributed by atoms with Crippen LogP contribution in [0.2, 0.25) is 0 Å². The quantitative estimate of drug-likeness (QED) is 0.824.